The molecule has 1 atom stereocenters. The molecule has 0 spiro atoms. The Morgan fingerprint density at radius 1 is 1.72 bits per heavy atom. The van der Waals surface area contributed by atoms with Crippen molar-refractivity contribution >= 4 is 17.2 Å². The number of amides is 1. The summed E-state index contributed by atoms with van der Waals surface area (Å²) < 4.78 is 5.28. The number of hydrogen-bond acceptors (Lipinski definition) is 6. The number of hydrazine groups is 1. The molecule has 6 nitrogen and oxygen atoms in total. The van der Waals surface area contributed by atoms with Crippen molar-refractivity contribution in [3.05, 3.63) is 21.9 Å². The molecule has 0 bridgehead atoms. The van der Waals surface area contributed by atoms with Gasteiger partial charge in [0.2, 0.25) is 0 Å². The van der Waals surface area contributed by atoms with E-state index in [2.05, 4.69) is 16.4 Å². The summed E-state index contributed by atoms with van der Waals surface area (Å²) in [4.78, 5) is 15.1. The van der Waals surface area contributed by atoms with E-state index in [1.165, 1.54) is 11.3 Å². The molecule has 1 unspecified atom stereocenters. The molecule has 0 radical (unpaired) electrons. The molecule has 1 aliphatic rings. The second-order valence-corrected chi connectivity index (χ2v) is 5.13. The maximum atomic E-state index is 11.3. The van der Waals surface area contributed by atoms with Crippen molar-refractivity contribution in [2.45, 2.75) is 12.6 Å². The molecule has 0 saturated carbocycles. The van der Waals surface area contributed by atoms with Crippen molar-refractivity contribution in [1.82, 2.24) is 10.3 Å². The number of nitrogen functional groups attached to an aromatic ring is 1. The molecule has 1 fully saturated rings. The molecule has 0 aliphatic carbocycles. The average molecular weight is 266 g/mol. The van der Waals surface area contributed by atoms with Crippen LogP contribution in [0.5, 0.6) is 0 Å². The van der Waals surface area contributed by atoms with Crippen LogP contribution in [-0.4, -0.2) is 36.6 Å². The lowest BCUT2D eigenvalue weighted by Crippen LogP contribution is -2.41. The van der Waals surface area contributed by atoms with E-state index in [4.69, 9.17) is 15.8 Å². The van der Waals surface area contributed by atoms with Crippen molar-refractivity contribution in [2.75, 3.05) is 19.7 Å². The molecule has 96 valence electrons. The molecule has 1 aliphatic heterocycles. The van der Waals surface area contributed by atoms with Crippen molar-refractivity contribution in [3.63, 3.8) is 0 Å². The van der Waals surface area contributed by atoms with Crippen LogP contribution in [0.15, 0.2) is 12.1 Å². The summed E-state index contributed by atoms with van der Waals surface area (Å²) >= 11 is 1.41. The largest absolute Gasteiger partial charge is 0.361 e. The normalized spacial score (nSPS) is 20.3. The Labute approximate surface area is 109 Å². The molecule has 18 heavy (non-hydrogen) atoms. The zero-order valence-corrected chi connectivity index (χ0v) is 10.6. The van der Waals surface area contributed by atoms with E-state index >= 15 is 0 Å². The Morgan fingerprint density at radius 2 is 2.56 bits per heavy atom. The summed E-state index contributed by atoms with van der Waals surface area (Å²) in [5.41, 5.74) is 2.11. The van der Waals surface area contributed by atoms with Crippen molar-refractivity contribution in [2.24, 2.45) is 5.84 Å². The highest BCUT2D eigenvalue weighted by atomic mass is 32.1. The molecule has 1 aromatic rings. The highest BCUT2D eigenvalue weighted by molar-refractivity contribution is 7.14. The molecule has 2 rings (SSSR count). The SMILES string of the molecule is N#CC1CN(Cc2ccc(C(=O)NN)s2)CCO1. The van der Waals surface area contributed by atoms with Gasteiger partial charge in [0, 0.05) is 24.5 Å². The Morgan fingerprint density at radius 3 is 3.28 bits per heavy atom. The fourth-order valence-corrected chi connectivity index (χ4v) is 2.75. The van der Waals surface area contributed by atoms with Crippen LogP contribution >= 0.6 is 11.3 Å². The average Bonchev–Trinajstić information content (AvgIpc) is 2.86. The zero-order valence-electron chi connectivity index (χ0n) is 9.76. The van der Waals surface area contributed by atoms with Crippen LogP contribution < -0.4 is 11.3 Å². The number of morpholine rings is 1. The number of nitrogens with two attached hydrogens (primary N) is 1. The van der Waals surface area contributed by atoms with Crippen molar-refractivity contribution in [1.29, 1.82) is 5.26 Å². The lowest BCUT2D eigenvalue weighted by molar-refractivity contribution is -0.00233. The van der Waals surface area contributed by atoms with Gasteiger partial charge < -0.3 is 4.74 Å². The summed E-state index contributed by atoms with van der Waals surface area (Å²) in [7, 11) is 0. The second kappa shape index (κ2) is 5.93. The maximum absolute atomic E-state index is 11.3. The van der Waals surface area contributed by atoms with Gasteiger partial charge in [0.15, 0.2) is 6.10 Å². The van der Waals surface area contributed by atoms with Gasteiger partial charge >= 0.3 is 0 Å². The Hall–Kier alpha value is -1.46. The van der Waals surface area contributed by atoms with Crippen molar-refractivity contribution < 1.29 is 9.53 Å². The number of hydrogen-bond donors (Lipinski definition) is 2. The minimum Gasteiger partial charge on any atom is -0.361 e. The molecule has 3 N–H and O–H groups in total. The lowest BCUT2D eigenvalue weighted by Gasteiger charge is -2.29. The molecule has 0 aromatic carbocycles. The summed E-state index contributed by atoms with van der Waals surface area (Å²) in [5, 5.41) is 8.82. The smallest absolute Gasteiger partial charge is 0.275 e. The minimum absolute atomic E-state index is 0.275. The highest BCUT2D eigenvalue weighted by Crippen LogP contribution is 2.19. The Balaban J connectivity index is 1.95. The van der Waals surface area contributed by atoms with E-state index in [9.17, 15) is 4.79 Å². The van der Waals surface area contributed by atoms with Gasteiger partial charge in [0.05, 0.1) is 17.6 Å². The molecular formula is C11H14N4O2S. The van der Waals surface area contributed by atoms with Gasteiger partial charge in [-0.1, -0.05) is 0 Å². The van der Waals surface area contributed by atoms with Crippen LogP contribution in [0.4, 0.5) is 0 Å². The fraction of sp³-hybridized carbons (Fsp3) is 0.455. The van der Waals surface area contributed by atoms with Crippen LogP contribution in [0.1, 0.15) is 14.5 Å². The molecule has 1 saturated heterocycles. The van der Waals surface area contributed by atoms with Gasteiger partial charge in [-0.25, -0.2) is 5.84 Å². The first-order valence-corrected chi connectivity index (χ1v) is 6.38. The van der Waals surface area contributed by atoms with Crippen LogP contribution in [0, 0.1) is 11.3 Å². The topological polar surface area (TPSA) is 91.4 Å². The van der Waals surface area contributed by atoms with Gasteiger partial charge in [-0.05, 0) is 12.1 Å². The standard InChI is InChI=1S/C11H14N4O2S/c12-5-8-6-15(3-4-17-8)7-9-1-2-10(18-9)11(16)14-13/h1-2,8H,3-4,6-7,13H2,(H,14,16). The number of nitrogens with one attached hydrogen (secondary N) is 1. The van der Waals surface area contributed by atoms with E-state index < -0.39 is 0 Å². The monoisotopic (exact) mass is 266 g/mol. The van der Waals surface area contributed by atoms with Crippen LogP contribution in [0.2, 0.25) is 0 Å². The molecular weight excluding hydrogens is 252 g/mol. The number of thiophene rings is 1. The zero-order chi connectivity index (χ0) is 13.0. The molecule has 1 aromatic heterocycles. The number of ether oxygens (including phenoxy) is 1. The summed E-state index contributed by atoms with van der Waals surface area (Å²) in [6, 6.07) is 5.77. The lowest BCUT2D eigenvalue weighted by atomic mass is 10.3. The number of carbonyl (C=O) groups is 1. The van der Waals surface area contributed by atoms with E-state index in [0.29, 0.717) is 18.0 Å². The van der Waals surface area contributed by atoms with E-state index in [1.807, 2.05) is 6.07 Å². The summed E-state index contributed by atoms with van der Waals surface area (Å²) in [5.74, 6) is 4.80. The fourth-order valence-electron chi connectivity index (χ4n) is 1.80. The van der Waals surface area contributed by atoms with Crippen molar-refractivity contribution in [3.8, 4) is 6.07 Å². The molecule has 1 amide bonds. The van der Waals surface area contributed by atoms with Crippen LogP contribution in [0.25, 0.3) is 0 Å². The van der Waals surface area contributed by atoms with E-state index in [1.54, 1.807) is 6.07 Å². The number of carbonyl (C=O) groups excluding carboxylic acids is 1. The first-order chi connectivity index (χ1) is 8.72. The number of nitrogens with zero attached hydrogens (tertiary/aromatic N) is 2. The number of nitriles is 1. The van der Waals surface area contributed by atoms with Gasteiger partial charge in [0.1, 0.15) is 0 Å². The van der Waals surface area contributed by atoms with Crippen LogP contribution in [0.3, 0.4) is 0 Å². The maximum Gasteiger partial charge on any atom is 0.275 e. The Kier molecular flexibility index (Phi) is 4.28. The van der Waals surface area contributed by atoms with Gasteiger partial charge in [-0.15, -0.1) is 11.3 Å². The van der Waals surface area contributed by atoms with E-state index in [-0.39, 0.29) is 12.0 Å². The number of rotatable bonds is 3. The van der Waals surface area contributed by atoms with E-state index in [0.717, 1.165) is 18.0 Å². The third-order valence-electron chi connectivity index (χ3n) is 2.69. The predicted octanol–water partition coefficient (Wildman–Crippen LogP) is 0.0760. The highest BCUT2D eigenvalue weighted by Gasteiger charge is 2.20. The molecule has 7 heteroatoms. The third-order valence-corrected chi connectivity index (χ3v) is 3.76. The van der Waals surface area contributed by atoms with Gasteiger partial charge in [-0.3, -0.25) is 15.1 Å². The summed E-state index contributed by atoms with van der Waals surface area (Å²) in [6.07, 6.45) is -0.356. The minimum atomic E-state index is -0.356. The Bertz CT molecular complexity index is 468. The quantitative estimate of drug-likeness (QED) is 0.459. The van der Waals surface area contributed by atoms with Gasteiger partial charge in [-0.2, -0.15) is 5.26 Å². The molecule has 2 heterocycles. The third kappa shape index (κ3) is 3.05. The predicted molar refractivity (Wildman–Crippen MR) is 66.6 cm³/mol. The second-order valence-electron chi connectivity index (χ2n) is 3.96. The van der Waals surface area contributed by atoms with Gasteiger partial charge in [0.25, 0.3) is 5.91 Å². The van der Waals surface area contributed by atoms with Crippen LogP contribution in [-0.2, 0) is 11.3 Å². The first-order valence-electron chi connectivity index (χ1n) is 5.56. The summed E-state index contributed by atoms with van der Waals surface area (Å²) in [6.45, 7) is 2.70. The first kappa shape index (κ1) is 13.0.